The van der Waals surface area contributed by atoms with Gasteiger partial charge in [0, 0.05) is 15.5 Å². The summed E-state index contributed by atoms with van der Waals surface area (Å²) in [4.78, 5) is 0. The fraction of sp³-hybridized carbons (Fsp3) is 0.625. The summed E-state index contributed by atoms with van der Waals surface area (Å²) in [6.45, 7) is 4.65. The average Bonchev–Trinajstić information content (AvgIpc) is 2.33. The molecule has 0 saturated heterocycles. The molecule has 3 heteroatoms. The van der Waals surface area contributed by atoms with E-state index in [1.54, 1.807) is 0 Å². The standard InChI is InChI=1S/C16H23BrClN/c1-11(2)8-12-4-3-5-14(9-12)19-16-10-13(18)6-7-15(16)17/h6-7,10-12,14,19H,3-5,8-9H2,1-2H3. The average molecular weight is 345 g/mol. The Morgan fingerprint density at radius 2 is 2.16 bits per heavy atom. The smallest absolute Gasteiger partial charge is 0.0501 e. The summed E-state index contributed by atoms with van der Waals surface area (Å²) < 4.78 is 1.10. The van der Waals surface area contributed by atoms with Crippen LogP contribution in [0.5, 0.6) is 0 Å². The summed E-state index contributed by atoms with van der Waals surface area (Å²) in [5.74, 6) is 1.69. The molecule has 1 aliphatic rings. The van der Waals surface area contributed by atoms with Crippen LogP contribution in [0.1, 0.15) is 46.0 Å². The van der Waals surface area contributed by atoms with Crippen LogP contribution in [0.4, 0.5) is 5.69 Å². The van der Waals surface area contributed by atoms with Gasteiger partial charge in [-0.3, -0.25) is 0 Å². The molecule has 0 spiro atoms. The van der Waals surface area contributed by atoms with Crippen LogP contribution in [-0.2, 0) is 0 Å². The second kappa shape index (κ2) is 6.99. The molecule has 0 aromatic heterocycles. The van der Waals surface area contributed by atoms with Gasteiger partial charge in [0.1, 0.15) is 0 Å². The molecule has 1 N–H and O–H groups in total. The molecule has 2 unspecified atom stereocenters. The van der Waals surface area contributed by atoms with Gasteiger partial charge in [-0.2, -0.15) is 0 Å². The zero-order valence-corrected chi connectivity index (χ0v) is 14.1. The molecular formula is C16H23BrClN. The van der Waals surface area contributed by atoms with Crippen LogP contribution in [0.25, 0.3) is 0 Å². The molecular weight excluding hydrogens is 322 g/mol. The van der Waals surface area contributed by atoms with E-state index in [4.69, 9.17) is 11.6 Å². The molecule has 1 aliphatic carbocycles. The van der Waals surface area contributed by atoms with Crippen LogP contribution >= 0.6 is 27.5 Å². The predicted molar refractivity (Wildman–Crippen MR) is 88.0 cm³/mol. The fourth-order valence-corrected chi connectivity index (χ4v) is 3.66. The van der Waals surface area contributed by atoms with Gasteiger partial charge in [-0.1, -0.05) is 38.3 Å². The number of rotatable bonds is 4. The molecule has 0 heterocycles. The van der Waals surface area contributed by atoms with Crippen LogP contribution in [-0.4, -0.2) is 6.04 Å². The van der Waals surface area contributed by atoms with Crippen molar-refractivity contribution in [2.45, 2.75) is 52.0 Å². The Morgan fingerprint density at radius 3 is 2.89 bits per heavy atom. The summed E-state index contributed by atoms with van der Waals surface area (Å²) >= 11 is 9.66. The number of anilines is 1. The van der Waals surface area contributed by atoms with E-state index in [2.05, 4.69) is 35.1 Å². The predicted octanol–water partition coefficient (Wildman–Crippen LogP) is 6.12. The molecule has 2 atom stereocenters. The van der Waals surface area contributed by atoms with E-state index in [0.29, 0.717) is 6.04 Å². The maximum absolute atomic E-state index is 6.07. The normalized spacial score (nSPS) is 23.6. The third-order valence-corrected chi connectivity index (χ3v) is 4.80. The van der Waals surface area contributed by atoms with Gasteiger partial charge in [0.05, 0.1) is 5.69 Å². The van der Waals surface area contributed by atoms with E-state index >= 15 is 0 Å². The Kier molecular flexibility index (Phi) is 5.58. The highest BCUT2D eigenvalue weighted by molar-refractivity contribution is 9.10. The highest BCUT2D eigenvalue weighted by atomic mass is 79.9. The summed E-state index contributed by atoms with van der Waals surface area (Å²) in [6.07, 6.45) is 6.65. The van der Waals surface area contributed by atoms with E-state index in [1.807, 2.05) is 18.2 Å². The maximum atomic E-state index is 6.07. The lowest BCUT2D eigenvalue weighted by Gasteiger charge is -2.31. The number of hydrogen-bond donors (Lipinski definition) is 1. The van der Waals surface area contributed by atoms with Crippen molar-refractivity contribution in [2.75, 3.05) is 5.32 Å². The number of hydrogen-bond acceptors (Lipinski definition) is 1. The Balaban J connectivity index is 1.96. The van der Waals surface area contributed by atoms with Crippen molar-refractivity contribution < 1.29 is 0 Å². The number of nitrogens with one attached hydrogen (secondary N) is 1. The summed E-state index contributed by atoms with van der Waals surface area (Å²) in [5, 5.41) is 4.45. The minimum Gasteiger partial charge on any atom is -0.381 e. The Hall–Kier alpha value is -0.210. The third kappa shape index (κ3) is 4.68. The lowest BCUT2D eigenvalue weighted by atomic mass is 9.81. The van der Waals surface area contributed by atoms with Gasteiger partial charge in [-0.25, -0.2) is 0 Å². The van der Waals surface area contributed by atoms with Gasteiger partial charge in [-0.05, 0) is 65.2 Å². The summed E-state index contributed by atoms with van der Waals surface area (Å²) in [7, 11) is 0. The maximum Gasteiger partial charge on any atom is 0.0501 e. The fourth-order valence-electron chi connectivity index (χ4n) is 3.13. The SMILES string of the molecule is CC(C)CC1CCCC(Nc2cc(Cl)ccc2Br)C1. The first kappa shape index (κ1) is 15.2. The highest BCUT2D eigenvalue weighted by Gasteiger charge is 2.22. The molecule has 1 saturated carbocycles. The van der Waals surface area contributed by atoms with Crippen LogP contribution in [0, 0.1) is 11.8 Å². The molecule has 1 aromatic rings. The summed E-state index contributed by atoms with van der Waals surface area (Å²) in [6, 6.07) is 6.53. The van der Waals surface area contributed by atoms with Crippen LogP contribution in [0.3, 0.4) is 0 Å². The number of halogens is 2. The van der Waals surface area contributed by atoms with Crippen molar-refractivity contribution in [3.8, 4) is 0 Å². The van der Waals surface area contributed by atoms with Gasteiger partial charge in [0.25, 0.3) is 0 Å². The quantitative estimate of drug-likeness (QED) is 0.694. The molecule has 0 amide bonds. The van der Waals surface area contributed by atoms with Crippen molar-refractivity contribution in [1.29, 1.82) is 0 Å². The van der Waals surface area contributed by atoms with Crippen molar-refractivity contribution in [3.05, 3.63) is 27.7 Å². The van der Waals surface area contributed by atoms with E-state index < -0.39 is 0 Å². The molecule has 1 nitrogen and oxygen atoms in total. The topological polar surface area (TPSA) is 12.0 Å². The van der Waals surface area contributed by atoms with Gasteiger partial charge in [0.2, 0.25) is 0 Å². The molecule has 0 radical (unpaired) electrons. The van der Waals surface area contributed by atoms with Gasteiger partial charge in [0.15, 0.2) is 0 Å². The summed E-state index contributed by atoms with van der Waals surface area (Å²) in [5.41, 5.74) is 1.13. The molecule has 106 valence electrons. The van der Waals surface area contributed by atoms with E-state index in [-0.39, 0.29) is 0 Å². The minimum atomic E-state index is 0.590. The van der Waals surface area contributed by atoms with Crippen LogP contribution < -0.4 is 5.32 Å². The van der Waals surface area contributed by atoms with Gasteiger partial charge < -0.3 is 5.32 Å². The molecule has 0 aliphatic heterocycles. The molecule has 2 rings (SSSR count). The number of benzene rings is 1. The van der Waals surface area contributed by atoms with Crippen molar-refractivity contribution in [1.82, 2.24) is 0 Å². The lowest BCUT2D eigenvalue weighted by Crippen LogP contribution is -2.28. The zero-order valence-electron chi connectivity index (χ0n) is 11.8. The van der Waals surface area contributed by atoms with Crippen molar-refractivity contribution >= 4 is 33.2 Å². The second-order valence-corrected chi connectivity index (χ2v) is 7.42. The third-order valence-electron chi connectivity index (χ3n) is 3.88. The Morgan fingerprint density at radius 1 is 1.37 bits per heavy atom. The van der Waals surface area contributed by atoms with Crippen molar-refractivity contribution in [3.63, 3.8) is 0 Å². The first-order valence-electron chi connectivity index (χ1n) is 7.26. The second-order valence-electron chi connectivity index (χ2n) is 6.13. The molecule has 19 heavy (non-hydrogen) atoms. The van der Waals surface area contributed by atoms with E-state index in [0.717, 1.165) is 27.0 Å². The van der Waals surface area contributed by atoms with Crippen LogP contribution in [0.2, 0.25) is 5.02 Å². The monoisotopic (exact) mass is 343 g/mol. The first-order chi connectivity index (χ1) is 9.04. The lowest BCUT2D eigenvalue weighted by molar-refractivity contribution is 0.289. The Bertz CT molecular complexity index is 419. The van der Waals surface area contributed by atoms with Gasteiger partial charge in [-0.15, -0.1) is 0 Å². The molecule has 0 bridgehead atoms. The van der Waals surface area contributed by atoms with E-state index in [9.17, 15) is 0 Å². The first-order valence-corrected chi connectivity index (χ1v) is 8.43. The Labute approximate surface area is 130 Å². The zero-order chi connectivity index (χ0) is 13.8. The van der Waals surface area contributed by atoms with Gasteiger partial charge >= 0.3 is 0 Å². The minimum absolute atomic E-state index is 0.590. The van der Waals surface area contributed by atoms with Crippen molar-refractivity contribution in [2.24, 2.45) is 11.8 Å². The molecule has 1 fully saturated rings. The van der Waals surface area contributed by atoms with Crippen LogP contribution in [0.15, 0.2) is 22.7 Å². The van der Waals surface area contributed by atoms with E-state index in [1.165, 1.54) is 32.1 Å². The molecule has 1 aromatic carbocycles. The highest BCUT2D eigenvalue weighted by Crippen LogP contribution is 2.33. The largest absolute Gasteiger partial charge is 0.381 e.